The number of para-hydroxylation sites is 1. The van der Waals surface area contributed by atoms with Crippen molar-refractivity contribution in [3.63, 3.8) is 0 Å². The Morgan fingerprint density at radius 1 is 1.08 bits per heavy atom. The van der Waals surface area contributed by atoms with E-state index in [0.717, 1.165) is 32.0 Å². The molecule has 1 amide bonds. The minimum atomic E-state index is 0.303. The summed E-state index contributed by atoms with van der Waals surface area (Å²) < 4.78 is 0. The van der Waals surface area contributed by atoms with Gasteiger partial charge in [-0.25, -0.2) is 0 Å². The van der Waals surface area contributed by atoms with Crippen LogP contribution in [0.25, 0.3) is 0 Å². The van der Waals surface area contributed by atoms with Gasteiger partial charge in [0.1, 0.15) is 0 Å². The monoisotopic (exact) mass is 328 g/mol. The van der Waals surface area contributed by atoms with Crippen molar-refractivity contribution in [2.75, 3.05) is 25.0 Å². The van der Waals surface area contributed by atoms with Gasteiger partial charge in [-0.05, 0) is 36.8 Å². The molecule has 3 nitrogen and oxygen atoms in total. The van der Waals surface area contributed by atoms with Crippen LogP contribution in [0.2, 0.25) is 0 Å². The maximum Gasteiger partial charge on any atom is 0.222 e. The van der Waals surface area contributed by atoms with Crippen molar-refractivity contribution in [1.29, 1.82) is 0 Å². The first-order chi connectivity index (χ1) is 11.7. The van der Waals surface area contributed by atoms with Crippen molar-refractivity contribution in [2.45, 2.75) is 64.3 Å². The van der Waals surface area contributed by atoms with Gasteiger partial charge >= 0.3 is 0 Å². The van der Waals surface area contributed by atoms with Crippen molar-refractivity contribution >= 4 is 11.6 Å². The Bertz CT molecular complexity index is 530. The van der Waals surface area contributed by atoms with E-state index in [1.807, 2.05) is 11.9 Å². The third kappa shape index (κ3) is 4.52. The molecule has 1 saturated heterocycles. The van der Waals surface area contributed by atoms with E-state index in [9.17, 15) is 4.79 Å². The lowest BCUT2D eigenvalue weighted by Gasteiger charge is -2.25. The predicted molar refractivity (Wildman–Crippen MR) is 100 cm³/mol. The molecule has 0 spiro atoms. The van der Waals surface area contributed by atoms with Gasteiger partial charge in [0.2, 0.25) is 5.91 Å². The quantitative estimate of drug-likeness (QED) is 0.761. The third-order valence-corrected chi connectivity index (χ3v) is 5.76. The van der Waals surface area contributed by atoms with E-state index in [1.165, 1.54) is 56.2 Å². The molecule has 1 heterocycles. The summed E-state index contributed by atoms with van der Waals surface area (Å²) in [5, 5.41) is 0. The summed E-state index contributed by atoms with van der Waals surface area (Å²) in [7, 11) is 1.96. The van der Waals surface area contributed by atoms with Crippen LogP contribution in [-0.4, -0.2) is 30.9 Å². The van der Waals surface area contributed by atoms with Gasteiger partial charge in [-0.3, -0.25) is 4.79 Å². The van der Waals surface area contributed by atoms with Crippen LogP contribution in [0.5, 0.6) is 0 Å². The Morgan fingerprint density at radius 3 is 2.54 bits per heavy atom. The van der Waals surface area contributed by atoms with Crippen molar-refractivity contribution in [2.24, 2.45) is 5.92 Å². The summed E-state index contributed by atoms with van der Waals surface area (Å²) in [6.07, 6.45) is 11.1. The summed E-state index contributed by atoms with van der Waals surface area (Å²) in [5.74, 6) is 1.09. The van der Waals surface area contributed by atoms with Crippen LogP contribution in [0.3, 0.4) is 0 Å². The van der Waals surface area contributed by atoms with E-state index >= 15 is 0 Å². The Labute approximate surface area is 147 Å². The number of nitrogens with zero attached hydrogens (tertiary/aromatic N) is 2. The molecule has 3 heteroatoms. The zero-order chi connectivity index (χ0) is 16.8. The maximum absolute atomic E-state index is 12.5. The molecule has 2 aliphatic rings. The van der Waals surface area contributed by atoms with Crippen molar-refractivity contribution in [3.8, 4) is 0 Å². The molecule has 0 aromatic heterocycles. The highest BCUT2D eigenvalue weighted by atomic mass is 16.2. The second-order valence-electron chi connectivity index (χ2n) is 7.62. The summed E-state index contributed by atoms with van der Waals surface area (Å²) in [6, 6.07) is 8.59. The molecule has 0 N–H and O–H groups in total. The SMILES string of the molecule is CN(Cc1ccccc1N1CCCC1)C(=O)CCC1CCCCC1. The molecule has 3 rings (SSSR count). The summed E-state index contributed by atoms with van der Waals surface area (Å²) in [4.78, 5) is 16.9. The van der Waals surface area contributed by atoms with Crippen LogP contribution in [-0.2, 0) is 11.3 Å². The van der Waals surface area contributed by atoms with Crippen LogP contribution < -0.4 is 4.90 Å². The fraction of sp³-hybridized carbons (Fsp3) is 0.667. The van der Waals surface area contributed by atoms with Crippen molar-refractivity contribution in [3.05, 3.63) is 29.8 Å². The molecule has 1 aromatic carbocycles. The Kier molecular flexibility index (Phi) is 6.17. The topological polar surface area (TPSA) is 23.6 Å². The molecule has 1 saturated carbocycles. The fourth-order valence-corrected chi connectivity index (χ4v) is 4.25. The predicted octanol–water partition coefficient (Wildman–Crippen LogP) is 4.61. The van der Waals surface area contributed by atoms with Gasteiger partial charge in [0.25, 0.3) is 0 Å². The molecular weight excluding hydrogens is 296 g/mol. The minimum Gasteiger partial charge on any atom is -0.371 e. The van der Waals surface area contributed by atoms with Crippen molar-refractivity contribution < 1.29 is 4.79 Å². The molecule has 1 aromatic rings. The van der Waals surface area contributed by atoms with Crippen molar-refractivity contribution in [1.82, 2.24) is 4.90 Å². The van der Waals surface area contributed by atoms with E-state index in [0.29, 0.717) is 12.3 Å². The highest BCUT2D eigenvalue weighted by Gasteiger charge is 2.19. The van der Waals surface area contributed by atoms with Gasteiger partial charge in [0, 0.05) is 38.8 Å². The number of carbonyl (C=O) groups is 1. The maximum atomic E-state index is 12.5. The third-order valence-electron chi connectivity index (χ3n) is 5.76. The first-order valence-electron chi connectivity index (χ1n) is 9.81. The molecule has 1 aliphatic carbocycles. The normalized spacial score (nSPS) is 18.8. The number of rotatable bonds is 6. The number of benzene rings is 1. The molecule has 1 aliphatic heterocycles. The highest BCUT2D eigenvalue weighted by Crippen LogP contribution is 2.28. The average molecular weight is 329 g/mol. The second kappa shape index (κ2) is 8.55. The van der Waals surface area contributed by atoms with E-state index in [4.69, 9.17) is 0 Å². The van der Waals surface area contributed by atoms with E-state index in [2.05, 4.69) is 29.2 Å². The average Bonchev–Trinajstić information content (AvgIpc) is 3.15. The minimum absolute atomic E-state index is 0.303. The van der Waals surface area contributed by atoms with Gasteiger partial charge in [0.15, 0.2) is 0 Å². The number of anilines is 1. The largest absolute Gasteiger partial charge is 0.371 e. The standard InChI is InChI=1S/C21H32N2O/c1-22(21(24)14-13-18-9-3-2-4-10-18)17-19-11-5-6-12-20(19)23-15-7-8-16-23/h5-6,11-12,18H,2-4,7-10,13-17H2,1H3. The Hall–Kier alpha value is -1.51. The summed E-state index contributed by atoms with van der Waals surface area (Å²) in [5.41, 5.74) is 2.61. The first kappa shape index (κ1) is 17.3. The van der Waals surface area contributed by atoms with Gasteiger partial charge in [0.05, 0.1) is 0 Å². The molecule has 0 bridgehead atoms. The van der Waals surface area contributed by atoms with E-state index < -0.39 is 0 Å². The van der Waals surface area contributed by atoms with Crippen LogP contribution >= 0.6 is 0 Å². The molecule has 0 unspecified atom stereocenters. The number of hydrogen-bond acceptors (Lipinski definition) is 2. The second-order valence-corrected chi connectivity index (χ2v) is 7.62. The Balaban J connectivity index is 1.53. The fourth-order valence-electron chi connectivity index (χ4n) is 4.25. The van der Waals surface area contributed by atoms with E-state index in [-0.39, 0.29) is 0 Å². The number of carbonyl (C=O) groups excluding carboxylic acids is 1. The Morgan fingerprint density at radius 2 is 1.79 bits per heavy atom. The number of hydrogen-bond donors (Lipinski definition) is 0. The zero-order valence-corrected chi connectivity index (χ0v) is 15.2. The van der Waals surface area contributed by atoms with Crippen LogP contribution in [0.1, 0.15) is 63.4 Å². The molecule has 24 heavy (non-hydrogen) atoms. The number of amides is 1. The zero-order valence-electron chi connectivity index (χ0n) is 15.2. The molecular formula is C21H32N2O. The first-order valence-corrected chi connectivity index (χ1v) is 9.81. The summed E-state index contributed by atoms with van der Waals surface area (Å²) in [6.45, 7) is 3.03. The van der Waals surface area contributed by atoms with Crippen LogP contribution in [0.4, 0.5) is 5.69 Å². The summed E-state index contributed by atoms with van der Waals surface area (Å²) >= 11 is 0. The molecule has 132 valence electrons. The van der Waals surface area contributed by atoms with Gasteiger partial charge in [-0.2, -0.15) is 0 Å². The molecule has 2 fully saturated rings. The van der Waals surface area contributed by atoms with E-state index in [1.54, 1.807) is 0 Å². The van der Waals surface area contributed by atoms with Gasteiger partial charge < -0.3 is 9.80 Å². The van der Waals surface area contributed by atoms with Gasteiger partial charge in [-0.1, -0.05) is 50.3 Å². The molecule has 0 atom stereocenters. The highest BCUT2D eigenvalue weighted by molar-refractivity contribution is 5.76. The lowest BCUT2D eigenvalue weighted by atomic mass is 9.86. The lowest BCUT2D eigenvalue weighted by molar-refractivity contribution is -0.130. The lowest BCUT2D eigenvalue weighted by Crippen LogP contribution is -2.28. The smallest absolute Gasteiger partial charge is 0.222 e. The van der Waals surface area contributed by atoms with Crippen LogP contribution in [0, 0.1) is 5.92 Å². The van der Waals surface area contributed by atoms with Gasteiger partial charge in [-0.15, -0.1) is 0 Å². The van der Waals surface area contributed by atoms with Crippen LogP contribution in [0.15, 0.2) is 24.3 Å². The molecule has 0 radical (unpaired) electrons.